The Bertz CT molecular complexity index is 986. The van der Waals surface area contributed by atoms with Crippen molar-refractivity contribution >= 4 is 33.5 Å². The van der Waals surface area contributed by atoms with Crippen LogP contribution in [0, 0.1) is 22.7 Å². The van der Waals surface area contributed by atoms with Gasteiger partial charge in [-0.2, -0.15) is 5.26 Å². The Morgan fingerprint density at radius 2 is 2.08 bits per heavy atom. The number of nitrogens with zero attached hydrogens (tertiary/aromatic N) is 2. The van der Waals surface area contributed by atoms with Crippen LogP contribution in [-0.4, -0.2) is 17.6 Å². The summed E-state index contributed by atoms with van der Waals surface area (Å²) in [5, 5.41) is 9.80. The van der Waals surface area contributed by atoms with Crippen molar-refractivity contribution in [1.82, 2.24) is 0 Å². The monoisotopic (exact) mass is 413 g/mol. The van der Waals surface area contributed by atoms with Crippen LogP contribution in [0.15, 0.2) is 38.9 Å². The number of carbonyl (C=O) groups is 2. The Kier molecular flexibility index (Phi) is 3.44. The molecule has 0 amide bonds. The van der Waals surface area contributed by atoms with Crippen LogP contribution in [0.3, 0.4) is 0 Å². The summed E-state index contributed by atoms with van der Waals surface area (Å²) in [5.41, 5.74) is 5.52. The quantitative estimate of drug-likeness (QED) is 0.519. The van der Waals surface area contributed by atoms with Crippen LogP contribution in [-0.2, 0) is 15.0 Å². The first-order valence-electron chi connectivity index (χ1n) is 8.23. The number of Topliss-reactive ketones (excluding diaryl/α,β-unsaturated/α-hetero) is 1. The molecule has 2 atom stereocenters. The lowest BCUT2D eigenvalue weighted by molar-refractivity contribution is -0.139. The van der Waals surface area contributed by atoms with Gasteiger partial charge in [0.1, 0.15) is 22.9 Å². The molecule has 0 fully saturated rings. The summed E-state index contributed by atoms with van der Waals surface area (Å²) in [5.74, 6) is -1.52. The van der Waals surface area contributed by atoms with E-state index in [0.717, 1.165) is 4.47 Å². The third-order valence-corrected chi connectivity index (χ3v) is 5.76. The average Bonchev–Trinajstić information content (AvgIpc) is 2.78. The number of fused-ring (bicyclic) bond motifs is 3. The van der Waals surface area contributed by atoms with Gasteiger partial charge in [0.15, 0.2) is 5.78 Å². The number of benzene rings is 1. The highest BCUT2D eigenvalue weighted by Crippen LogP contribution is 2.56. The lowest BCUT2D eigenvalue weighted by atomic mass is 9.59. The summed E-state index contributed by atoms with van der Waals surface area (Å²) in [4.78, 5) is 30.6. The Morgan fingerprint density at radius 1 is 1.35 bits per heavy atom. The van der Waals surface area contributed by atoms with Gasteiger partial charge in [-0.25, -0.2) is 4.99 Å². The molecule has 1 aromatic rings. The third-order valence-electron chi connectivity index (χ3n) is 5.26. The number of nitriles is 1. The number of rotatable bonds is 0. The van der Waals surface area contributed by atoms with Crippen LogP contribution in [0.5, 0.6) is 5.75 Å². The molecule has 7 heteroatoms. The van der Waals surface area contributed by atoms with Crippen molar-refractivity contribution in [3.63, 3.8) is 0 Å². The minimum absolute atomic E-state index is 0.0458. The fraction of sp³-hybridized carbons (Fsp3) is 0.368. The first-order valence-corrected chi connectivity index (χ1v) is 9.03. The van der Waals surface area contributed by atoms with Crippen molar-refractivity contribution in [3.8, 4) is 11.8 Å². The van der Waals surface area contributed by atoms with Crippen LogP contribution in [0.4, 0.5) is 0 Å². The highest BCUT2D eigenvalue weighted by Gasteiger charge is 2.63. The molecule has 0 aromatic heterocycles. The lowest BCUT2D eigenvalue weighted by Gasteiger charge is -2.41. The molecule has 132 valence electrons. The van der Waals surface area contributed by atoms with E-state index < -0.39 is 17.3 Å². The molecule has 4 rings (SSSR count). The first-order chi connectivity index (χ1) is 12.2. The number of nitrogens with two attached hydrogens (primary N) is 1. The highest BCUT2D eigenvalue weighted by atomic mass is 79.9. The molecule has 2 heterocycles. The predicted molar refractivity (Wildman–Crippen MR) is 97.2 cm³/mol. The molecule has 0 radical (unpaired) electrons. The van der Waals surface area contributed by atoms with E-state index in [2.05, 4.69) is 27.0 Å². The Hall–Kier alpha value is -2.46. The van der Waals surface area contributed by atoms with Gasteiger partial charge in [-0.05, 0) is 24.0 Å². The normalized spacial score (nSPS) is 29.0. The van der Waals surface area contributed by atoms with Crippen molar-refractivity contribution in [2.24, 2.45) is 22.1 Å². The molecular formula is C19H16BrN3O3. The largest absolute Gasteiger partial charge is 0.425 e. The van der Waals surface area contributed by atoms with Crippen molar-refractivity contribution in [3.05, 3.63) is 39.5 Å². The summed E-state index contributed by atoms with van der Waals surface area (Å²) in [6, 6.07) is 7.23. The number of hydrogen-bond acceptors (Lipinski definition) is 6. The number of ketones is 1. The number of amidine groups is 1. The van der Waals surface area contributed by atoms with E-state index in [1.807, 2.05) is 13.8 Å². The first kappa shape index (κ1) is 17.0. The van der Waals surface area contributed by atoms with Gasteiger partial charge in [-0.1, -0.05) is 35.8 Å². The lowest BCUT2D eigenvalue weighted by Crippen LogP contribution is -2.53. The molecule has 0 bridgehead atoms. The molecule has 2 N–H and O–H groups in total. The van der Waals surface area contributed by atoms with E-state index in [4.69, 9.17) is 10.5 Å². The Labute approximate surface area is 158 Å². The second kappa shape index (κ2) is 5.27. The molecule has 2 aliphatic heterocycles. The molecule has 1 spiro atoms. The van der Waals surface area contributed by atoms with Crippen LogP contribution in [0.1, 0.15) is 32.3 Å². The van der Waals surface area contributed by atoms with Gasteiger partial charge >= 0.3 is 5.97 Å². The summed E-state index contributed by atoms with van der Waals surface area (Å²) in [6.07, 6.45) is 0.786. The molecule has 6 nitrogen and oxygen atoms in total. The molecule has 1 aromatic carbocycles. The summed E-state index contributed by atoms with van der Waals surface area (Å²) < 4.78 is 6.23. The Morgan fingerprint density at radius 3 is 2.77 bits per heavy atom. The zero-order valence-corrected chi connectivity index (χ0v) is 15.9. The van der Waals surface area contributed by atoms with E-state index in [0.29, 0.717) is 23.4 Å². The van der Waals surface area contributed by atoms with Crippen molar-refractivity contribution < 1.29 is 14.3 Å². The summed E-state index contributed by atoms with van der Waals surface area (Å²) in [6.45, 7) is 3.95. The topological polar surface area (TPSA) is 106 Å². The second-order valence-corrected chi connectivity index (χ2v) is 8.62. The molecule has 1 aliphatic carbocycles. The average molecular weight is 414 g/mol. The van der Waals surface area contributed by atoms with E-state index in [1.54, 1.807) is 18.2 Å². The van der Waals surface area contributed by atoms with Gasteiger partial charge < -0.3 is 10.5 Å². The van der Waals surface area contributed by atoms with Gasteiger partial charge in [0.25, 0.3) is 0 Å². The number of ether oxygens (including phenoxy) is 1. The molecule has 3 aliphatic rings. The number of allylic oxidation sites excluding steroid dienone is 1. The maximum atomic E-state index is 13.1. The standard InChI is InChI=1S/C19H16BrN3O3/c1-18(2)6-12-15(13(24)7-18)19(11(8-21)16(22)23-12)10-4-3-9(20)5-14(10)26-17(19)25/h3-5,11H,6-7H2,1-2H3,(H2,22,23)/t11?,19-/m1/s1. The fourth-order valence-electron chi connectivity index (χ4n) is 4.29. The molecule has 0 saturated heterocycles. The number of esters is 1. The fourth-order valence-corrected chi connectivity index (χ4v) is 4.63. The van der Waals surface area contributed by atoms with Crippen LogP contribution >= 0.6 is 15.9 Å². The minimum Gasteiger partial charge on any atom is -0.425 e. The van der Waals surface area contributed by atoms with Crippen LogP contribution in [0.25, 0.3) is 0 Å². The number of aliphatic imine (C=N–C) groups is 1. The summed E-state index contributed by atoms with van der Waals surface area (Å²) >= 11 is 3.35. The van der Waals surface area contributed by atoms with Gasteiger partial charge in [0, 0.05) is 22.0 Å². The summed E-state index contributed by atoms with van der Waals surface area (Å²) in [7, 11) is 0. The number of hydrogen-bond donors (Lipinski definition) is 1. The van der Waals surface area contributed by atoms with Crippen molar-refractivity contribution in [2.45, 2.75) is 32.1 Å². The SMILES string of the molecule is CC1(C)CC(=O)C2=C(C1)N=C(N)C(C#N)[C@@]21C(=O)Oc2cc(Br)ccc21. The maximum Gasteiger partial charge on any atom is 0.328 e. The molecule has 1 unspecified atom stereocenters. The highest BCUT2D eigenvalue weighted by molar-refractivity contribution is 9.10. The molecular weight excluding hydrogens is 398 g/mol. The maximum absolute atomic E-state index is 13.1. The van der Waals surface area contributed by atoms with Crippen LogP contribution in [0.2, 0.25) is 0 Å². The van der Waals surface area contributed by atoms with Crippen LogP contribution < -0.4 is 10.5 Å². The zero-order chi connectivity index (χ0) is 18.9. The smallest absolute Gasteiger partial charge is 0.328 e. The van der Waals surface area contributed by atoms with E-state index in [1.165, 1.54) is 0 Å². The van der Waals surface area contributed by atoms with Crippen molar-refractivity contribution in [1.29, 1.82) is 5.26 Å². The zero-order valence-electron chi connectivity index (χ0n) is 14.3. The van der Waals surface area contributed by atoms with Gasteiger partial charge in [0.05, 0.1) is 11.8 Å². The minimum atomic E-state index is -1.54. The van der Waals surface area contributed by atoms with E-state index in [-0.39, 0.29) is 29.0 Å². The van der Waals surface area contributed by atoms with Crippen molar-refractivity contribution in [2.75, 3.05) is 0 Å². The molecule has 0 saturated carbocycles. The van der Waals surface area contributed by atoms with Gasteiger partial charge in [-0.3, -0.25) is 9.59 Å². The Balaban J connectivity index is 2.08. The number of halogens is 1. The third kappa shape index (κ3) is 2.05. The van der Waals surface area contributed by atoms with E-state index in [9.17, 15) is 14.9 Å². The number of carbonyl (C=O) groups excluding carboxylic acids is 2. The predicted octanol–water partition coefficient (Wildman–Crippen LogP) is 2.76. The van der Waals surface area contributed by atoms with E-state index >= 15 is 0 Å². The van der Waals surface area contributed by atoms with Gasteiger partial charge in [-0.15, -0.1) is 0 Å². The molecule has 26 heavy (non-hydrogen) atoms. The second-order valence-electron chi connectivity index (χ2n) is 7.70. The van der Waals surface area contributed by atoms with Gasteiger partial charge in [0.2, 0.25) is 0 Å².